The first kappa shape index (κ1) is 15.8. The van der Waals surface area contributed by atoms with Gasteiger partial charge in [0.2, 0.25) is 0 Å². The second-order valence-corrected chi connectivity index (χ2v) is 5.59. The molecule has 5 nitrogen and oxygen atoms in total. The molecule has 0 fully saturated rings. The molecule has 1 amide bonds. The largest absolute Gasteiger partial charge is 0.497 e. The maximum Gasteiger partial charge on any atom is 0.276 e. The Morgan fingerprint density at radius 3 is 2.58 bits per heavy atom. The van der Waals surface area contributed by atoms with Crippen molar-refractivity contribution in [3.63, 3.8) is 0 Å². The number of methoxy groups -OCH3 is 1. The van der Waals surface area contributed by atoms with Gasteiger partial charge in [-0.1, -0.05) is 29.8 Å². The Morgan fingerprint density at radius 2 is 1.88 bits per heavy atom. The van der Waals surface area contributed by atoms with Crippen LogP contribution in [0.25, 0.3) is 11.3 Å². The molecule has 0 radical (unpaired) electrons. The van der Waals surface area contributed by atoms with Gasteiger partial charge in [0.15, 0.2) is 5.69 Å². The number of nitrogens with one attached hydrogen (secondary N) is 1. The Hall–Kier alpha value is -3.08. The zero-order valence-corrected chi connectivity index (χ0v) is 13.9. The van der Waals surface area contributed by atoms with E-state index in [9.17, 15) is 4.79 Å². The number of carbonyl (C=O) groups excluding carboxylic acids is 1. The molecule has 0 aliphatic rings. The minimum absolute atomic E-state index is 0.233. The number of hydrogen-bond acceptors (Lipinski definition) is 3. The van der Waals surface area contributed by atoms with Gasteiger partial charge in [-0.25, -0.2) is 0 Å². The smallest absolute Gasteiger partial charge is 0.276 e. The maximum atomic E-state index is 12.4. The molecular weight excluding hydrogens is 302 g/mol. The third-order valence-electron chi connectivity index (χ3n) is 3.79. The number of aryl methyl sites for hydroxylation is 2. The first-order valence-electron chi connectivity index (χ1n) is 7.63. The van der Waals surface area contributed by atoms with E-state index < -0.39 is 0 Å². The average Bonchev–Trinajstić information content (AvgIpc) is 2.99. The highest BCUT2D eigenvalue weighted by Crippen LogP contribution is 2.24. The van der Waals surface area contributed by atoms with Crippen LogP contribution >= 0.6 is 0 Å². The van der Waals surface area contributed by atoms with Crippen LogP contribution in [0.2, 0.25) is 0 Å². The quantitative estimate of drug-likeness (QED) is 0.798. The summed E-state index contributed by atoms with van der Waals surface area (Å²) in [7, 11) is 3.44. The predicted octanol–water partition coefficient (Wildman–Crippen LogP) is 3.66. The van der Waals surface area contributed by atoms with E-state index in [2.05, 4.69) is 10.4 Å². The van der Waals surface area contributed by atoms with Crippen molar-refractivity contribution in [1.29, 1.82) is 0 Å². The molecule has 3 aromatic rings. The lowest BCUT2D eigenvalue weighted by molar-refractivity contribution is 0.102. The van der Waals surface area contributed by atoms with Crippen molar-refractivity contribution in [3.05, 3.63) is 65.9 Å². The van der Waals surface area contributed by atoms with E-state index in [-0.39, 0.29) is 5.91 Å². The van der Waals surface area contributed by atoms with Crippen LogP contribution in [-0.4, -0.2) is 22.8 Å². The molecule has 1 heterocycles. The van der Waals surface area contributed by atoms with Gasteiger partial charge in [-0.15, -0.1) is 0 Å². The van der Waals surface area contributed by atoms with Crippen molar-refractivity contribution in [2.45, 2.75) is 6.92 Å². The summed E-state index contributed by atoms with van der Waals surface area (Å²) in [6.07, 6.45) is 0. The molecule has 5 heteroatoms. The lowest BCUT2D eigenvalue weighted by Crippen LogP contribution is -2.12. The number of hydrogen-bond donors (Lipinski definition) is 1. The Labute approximate surface area is 140 Å². The summed E-state index contributed by atoms with van der Waals surface area (Å²) < 4.78 is 6.94. The normalized spacial score (nSPS) is 10.5. The highest BCUT2D eigenvalue weighted by Gasteiger charge is 2.14. The van der Waals surface area contributed by atoms with Gasteiger partial charge in [-0.2, -0.15) is 5.10 Å². The molecule has 122 valence electrons. The second-order valence-electron chi connectivity index (χ2n) is 5.59. The lowest BCUT2D eigenvalue weighted by atomic mass is 10.1. The van der Waals surface area contributed by atoms with E-state index in [4.69, 9.17) is 4.74 Å². The van der Waals surface area contributed by atoms with Crippen LogP contribution in [0.5, 0.6) is 5.75 Å². The monoisotopic (exact) mass is 321 g/mol. The number of ether oxygens (including phenoxy) is 1. The molecule has 2 aromatic carbocycles. The Kier molecular flexibility index (Phi) is 4.33. The van der Waals surface area contributed by atoms with E-state index in [0.29, 0.717) is 5.69 Å². The SMILES string of the molecule is COc1cccc(-c2cc(C(=O)Nc3ccc(C)cc3)nn2C)c1. The van der Waals surface area contributed by atoms with Crippen LogP contribution < -0.4 is 10.1 Å². The van der Waals surface area contributed by atoms with Gasteiger partial charge in [0, 0.05) is 18.3 Å². The molecule has 0 aliphatic heterocycles. The van der Waals surface area contributed by atoms with Crippen molar-refractivity contribution >= 4 is 11.6 Å². The molecule has 1 N–H and O–H groups in total. The van der Waals surface area contributed by atoms with Gasteiger partial charge < -0.3 is 10.1 Å². The van der Waals surface area contributed by atoms with Crippen LogP contribution in [0.4, 0.5) is 5.69 Å². The minimum Gasteiger partial charge on any atom is -0.497 e. The van der Waals surface area contributed by atoms with Crippen molar-refractivity contribution in [2.24, 2.45) is 7.05 Å². The fraction of sp³-hybridized carbons (Fsp3) is 0.158. The van der Waals surface area contributed by atoms with E-state index in [1.54, 1.807) is 17.9 Å². The van der Waals surface area contributed by atoms with Crippen LogP contribution in [-0.2, 0) is 7.05 Å². The second kappa shape index (κ2) is 6.58. The van der Waals surface area contributed by atoms with Crippen LogP contribution in [0.1, 0.15) is 16.1 Å². The highest BCUT2D eigenvalue weighted by atomic mass is 16.5. The number of anilines is 1. The molecule has 0 unspecified atom stereocenters. The van der Waals surface area contributed by atoms with Crippen molar-refractivity contribution in [1.82, 2.24) is 9.78 Å². The topological polar surface area (TPSA) is 56.1 Å². The number of carbonyl (C=O) groups is 1. The molecular formula is C19H19N3O2. The molecule has 0 aliphatic carbocycles. The molecule has 0 bridgehead atoms. The summed E-state index contributed by atoms with van der Waals surface area (Å²) in [5.41, 5.74) is 4.06. The van der Waals surface area contributed by atoms with Crippen molar-refractivity contribution in [2.75, 3.05) is 12.4 Å². The van der Waals surface area contributed by atoms with Gasteiger partial charge in [0.05, 0.1) is 12.8 Å². The Balaban J connectivity index is 1.85. The molecule has 0 saturated heterocycles. The lowest BCUT2D eigenvalue weighted by Gasteiger charge is -2.04. The number of nitrogens with zero attached hydrogens (tertiary/aromatic N) is 2. The van der Waals surface area contributed by atoms with Crippen LogP contribution in [0.15, 0.2) is 54.6 Å². The van der Waals surface area contributed by atoms with Gasteiger partial charge in [-0.05, 0) is 37.3 Å². The van der Waals surface area contributed by atoms with E-state index in [1.165, 1.54) is 0 Å². The van der Waals surface area contributed by atoms with Crippen molar-refractivity contribution < 1.29 is 9.53 Å². The fourth-order valence-electron chi connectivity index (χ4n) is 2.46. The standard InChI is InChI=1S/C19H19N3O2/c1-13-7-9-15(10-8-13)20-19(23)17-12-18(22(2)21-17)14-5-4-6-16(11-14)24-3/h4-12H,1-3H3,(H,20,23). The van der Waals surface area contributed by atoms with Gasteiger partial charge in [-0.3, -0.25) is 9.48 Å². The summed E-state index contributed by atoms with van der Waals surface area (Å²) in [5, 5.41) is 7.18. The number of aromatic nitrogens is 2. The van der Waals surface area contributed by atoms with Gasteiger partial charge >= 0.3 is 0 Å². The number of rotatable bonds is 4. The molecule has 0 saturated carbocycles. The first-order chi connectivity index (χ1) is 11.6. The molecule has 0 atom stereocenters. The third-order valence-corrected chi connectivity index (χ3v) is 3.79. The molecule has 0 spiro atoms. The highest BCUT2D eigenvalue weighted by molar-refractivity contribution is 6.03. The van der Waals surface area contributed by atoms with E-state index >= 15 is 0 Å². The molecule has 24 heavy (non-hydrogen) atoms. The van der Waals surface area contributed by atoms with Crippen molar-refractivity contribution in [3.8, 4) is 17.0 Å². The first-order valence-corrected chi connectivity index (χ1v) is 7.63. The van der Waals surface area contributed by atoms with Gasteiger partial charge in [0.25, 0.3) is 5.91 Å². The zero-order chi connectivity index (χ0) is 17.1. The summed E-state index contributed by atoms with van der Waals surface area (Å²) in [5.74, 6) is 0.531. The minimum atomic E-state index is -0.233. The fourth-order valence-corrected chi connectivity index (χ4v) is 2.46. The number of benzene rings is 2. The number of amides is 1. The van der Waals surface area contributed by atoms with Crippen LogP contribution in [0.3, 0.4) is 0 Å². The van der Waals surface area contributed by atoms with E-state index in [1.807, 2.05) is 62.5 Å². The average molecular weight is 321 g/mol. The summed E-state index contributed by atoms with van der Waals surface area (Å²) in [6.45, 7) is 2.00. The Bertz CT molecular complexity index is 867. The summed E-state index contributed by atoms with van der Waals surface area (Å²) in [4.78, 5) is 12.4. The molecule has 3 rings (SSSR count). The summed E-state index contributed by atoms with van der Waals surface area (Å²) >= 11 is 0. The predicted molar refractivity (Wildman–Crippen MR) is 94.3 cm³/mol. The maximum absolute atomic E-state index is 12.4. The van der Waals surface area contributed by atoms with Gasteiger partial charge in [0.1, 0.15) is 5.75 Å². The van der Waals surface area contributed by atoms with Crippen LogP contribution in [0, 0.1) is 6.92 Å². The molecule has 1 aromatic heterocycles. The summed E-state index contributed by atoms with van der Waals surface area (Å²) in [6, 6.07) is 17.1. The zero-order valence-electron chi connectivity index (χ0n) is 13.9. The third kappa shape index (κ3) is 3.30. The Morgan fingerprint density at radius 1 is 1.12 bits per heavy atom. The van der Waals surface area contributed by atoms with E-state index in [0.717, 1.165) is 28.3 Å².